The molecule has 0 bridgehead atoms. The Balaban J connectivity index is 2.14. The smallest absolute Gasteiger partial charge is 0.413 e. The fourth-order valence-electron chi connectivity index (χ4n) is 2.36. The van der Waals surface area contributed by atoms with E-state index in [0.29, 0.717) is 29.9 Å². The number of hydrogen-bond acceptors (Lipinski definition) is 6. The van der Waals surface area contributed by atoms with Gasteiger partial charge in [0.1, 0.15) is 17.3 Å². The number of aromatic nitrogens is 1. The molecule has 1 N–H and O–H groups in total. The molecule has 1 aromatic rings. The van der Waals surface area contributed by atoms with Crippen molar-refractivity contribution in [2.24, 2.45) is 5.92 Å². The Bertz CT molecular complexity index is 648. The van der Waals surface area contributed by atoms with E-state index < -0.39 is 23.6 Å². The summed E-state index contributed by atoms with van der Waals surface area (Å²) in [6.45, 7) is 5.29. The predicted octanol–water partition coefficient (Wildman–Crippen LogP) is 2.35. The number of fused-ring (bicyclic) bond motifs is 1. The normalized spacial score (nSPS) is 17.2. The fraction of sp³-hybridized carbons (Fsp3) is 0.500. The molecule has 7 heteroatoms. The molecule has 124 valence electrons. The molecule has 0 saturated carbocycles. The quantitative estimate of drug-likeness (QED) is 0.664. The highest BCUT2D eigenvalue weighted by molar-refractivity contribution is 6.10. The zero-order chi connectivity index (χ0) is 17.2. The molecule has 1 unspecified atom stereocenters. The van der Waals surface area contributed by atoms with Gasteiger partial charge < -0.3 is 9.47 Å². The minimum absolute atomic E-state index is 0.297. The zero-order valence-corrected chi connectivity index (χ0v) is 13.6. The van der Waals surface area contributed by atoms with Crippen molar-refractivity contribution in [3.05, 3.63) is 23.4 Å². The van der Waals surface area contributed by atoms with Gasteiger partial charge in [-0.15, -0.1) is 0 Å². The number of ketones is 1. The second-order valence-electron chi connectivity index (χ2n) is 6.30. The molecule has 7 nitrogen and oxygen atoms in total. The van der Waals surface area contributed by atoms with Crippen molar-refractivity contribution in [3.63, 3.8) is 0 Å². The number of ether oxygens (including phenoxy) is 2. The average Bonchev–Trinajstić information content (AvgIpc) is 2.44. The van der Waals surface area contributed by atoms with Crippen LogP contribution in [0.5, 0.6) is 0 Å². The number of Topliss-reactive ketones (excluding diaryl/α,β-unsaturated/α-hetero) is 1. The minimum atomic E-state index is -0.779. The van der Waals surface area contributed by atoms with Crippen LogP contribution in [-0.2, 0) is 20.7 Å². The average molecular weight is 320 g/mol. The number of pyridine rings is 1. The van der Waals surface area contributed by atoms with Crippen molar-refractivity contribution >= 4 is 23.7 Å². The van der Waals surface area contributed by atoms with Crippen LogP contribution in [0.2, 0.25) is 0 Å². The van der Waals surface area contributed by atoms with Crippen LogP contribution in [0.4, 0.5) is 10.6 Å². The Morgan fingerprint density at radius 1 is 1.30 bits per heavy atom. The number of hydrogen-bond donors (Lipinski definition) is 1. The van der Waals surface area contributed by atoms with Crippen LogP contribution >= 0.6 is 0 Å². The highest BCUT2D eigenvalue weighted by Gasteiger charge is 2.34. The number of aryl methyl sites for hydroxylation is 1. The molecule has 23 heavy (non-hydrogen) atoms. The molecule has 1 atom stereocenters. The molecule has 0 radical (unpaired) electrons. The molecule has 1 aromatic heterocycles. The van der Waals surface area contributed by atoms with Crippen molar-refractivity contribution < 1.29 is 23.9 Å². The lowest BCUT2D eigenvalue weighted by molar-refractivity contribution is -0.143. The summed E-state index contributed by atoms with van der Waals surface area (Å²) in [6, 6.07) is 3.08. The molecule has 0 saturated heterocycles. The monoisotopic (exact) mass is 320 g/mol. The third kappa shape index (κ3) is 4.06. The van der Waals surface area contributed by atoms with Gasteiger partial charge in [0.05, 0.1) is 12.8 Å². The fourth-order valence-corrected chi connectivity index (χ4v) is 2.36. The van der Waals surface area contributed by atoms with E-state index in [2.05, 4.69) is 15.0 Å². The van der Waals surface area contributed by atoms with Gasteiger partial charge in [0, 0.05) is 5.56 Å². The van der Waals surface area contributed by atoms with Gasteiger partial charge in [0.15, 0.2) is 5.78 Å². The molecule has 1 aliphatic rings. The van der Waals surface area contributed by atoms with Gasteiger partial charge in [-0.3, -0.25) is 14.9 Å². The van der Waals surface area contributed by atoms with Gasteiger partial charge in [-0.1, -0.05) is 0 Å². The predicted molar refractivity (Wildman–Crippen MR) is 82.3 cm³/mol. The molecular formula is C16H20N2O5. The summed E-state index contributed by atoms with van der Waals surface area (Å²) in [6.07, 6.45) is 0.200. The maximum atomic E-state index is 12.3. The van der Waals surface area contributed by atoms with Crippen molar-refractivity contribution in [1.82, 2.24) is 4.98 Å². The third-order valence-electron chi connectivity index (χ3n) is 3.34. The summed E-state index contributed by atoms with van der Waals surface area (Å²) >= 11 is 0. The first-order valence-corrected chi connectivity index (χ1v) is 7.33. The summed E-state index contributed by atoms with van der Waals surface area (Å²) in [4.78, 5) is 39.9. The van der Waals surface area contributed by atoms with Crippen molar-refractivity contribution in [2.75, 3.05) is 12.4 Å². The lowest BCUT2D eigenvalue weighted by atomic mass is 9.85. The first-order chi connectivity index (χ1) is 10.7. The summed E-state index contributed by atoms with van der Waals surface area (Å²) in [5.74, 6) is -1.30. The van der Waals surface area contributed by atoms with Gasteiger partial charge >= 0.3 is 12.1 Å². The SMILES string of the molecule is COC(=O)C1CCc2nc(NC(=O)OC(C)(C)C)ccc2C1=O. The number of carbonyl (C=O) groups excluding carboxylic acids is 3. The lowest BCUT2D eigenvalue weighted by Crippen LogP contribution is -2.31. The van der Waals surface area contributed by atoms with Gasteiger partial charge in [-0.25, -0.2) is 9.78 Å². The molecule has 1 aliphatic carbocycles. The number of esters is 1. The van der Waals surface area contributed by atoms with Crippen LogP contribution in [0.1, 0.15) is 43.2 Å². The second kappa shape index (κ2) is 6.36. The van der Waals surface area contributed by atoms with Gasteiger partial charge in [-0.05, 0) is 45.7 Å². The molecule has 0 aliphatic heterocycles. The highest BCUT2D eigenvalue weighted by Crippen LogP contribution is 2.26. The van der Waals surface area contributed by atoms with Crippen LogP contribution in [0, 0.1) is 5.92 Å². The van der Waals surface area contributed by atoms with Crippen molar-refractivity contribution in [3.8, 4) is 0 Å². The molecule has 1 amide bonds. The molecule has 0 spiro atoms. The van der Waals surface area contributed by atoms with E-state index in [1.807, 2.05) is 0 Å². The first kappa shape index (κ1) is 16.9. The summed E-state index contributed by atoms with van der Waals surface area (Å²) < 4.78 is 9.80. The Kier molecular flexibility index (Phi) is 4.68. The van der Waals surface area contributed by atoms with Crippen molar-refractivity contribution in [2.45, 2.75) is 39.2 Å². The number of carbonyl (C=O) groups is 3. The zero-order valence-electron chi connectivity index (χ0n) is 13.6. The molecule has 0 fully saturated rings. The topological polar surface area (TPSA) is 94.6 Å². The van der Waals surface area contributed by atoms with Gasteiger partial charge in [-0.2, -0.15) is 0 Å². The standard InChI is InChI=1S/C16H20N2O5/c1-16(2,3)23-15(21)18-12-8-6-9-11(17-12)7-5-10(13(9)19)14(20)22-4/h6,8,10H,5,7H2,1-4H3,(H,17,18,21). The Hall–Kier alpha value is -2.44. The van der Waals surface area contributed by atoms with E-state index in [9.17, 15) is 14.4 Å². The molecule has 2 rings (SSSR count). The summed E-state index contributed by atoms with van der Waals surface area (Å²) in [7, 11) is 1.26. The van der Waals surface area contributed by atoms with Crippen LogP contribution in [0.25, 0.3) is 0 Å². The Morgan fingerprint density at radius 3 is 2.61 bits per heavy atom. The number of anilines is 1. The lowest BCUT2D eigenvalue weighted by Gasteiger charge is -2.22. The van der Waals surface area contributed by atoms with Crippen LogP contribution < -0.4 is 5.32 Å². The van der Waals surface area contributed by atoms with E-state index in [0.717, 1.165) is 0 Å². The molecule has 0 aromatic carbocycles. The number of methoxy groups -OCH3 is 1. The Morgan fingerprint density at radius 2 is 2.00 bits per heavy atom. The van der Waals surface area contributed by atoms with Crippen LogP contribution in [0.15, 0.2) is 12.1 Å². The second-order valence-corrected chi connectivity index (χ2v) is 6.30. The largest absolute Gasteiger partial charge is 0.468 e. The number of amides is 1. The van der Waals surface area contributed by atoms with Gasteiger partial charge in [0.2, 0.25) is 0 Å². The van der Waals surface area contributed by atoms with E-state index in [4.69, 9.17) is 4.74 Å². The summed E-state index contributed by atoms with van der Waals surface area (Å²) in [5, 5.41) is 2.53. The number of rotatable bonds is 2. The van der Waals surface area contributed by atoms with E-state index in [1.165, 1.54) is 13.2 Å². The van der Waals surface area contributed by atoms with E-state index >= 15 is 0 Å². The molecule has 1 heterocycles. The summed E-state index contributed by atoms with van der Waals surface area (Å²) in [5.41, 5.74) is 0.340. The highest BCUT2D eigenvalue weighted by atomic mass is 16.6. The van der Waals surface area contributed by atoms with E-state index in [1.54, 1.807) is 26.8 Å². The third-order valence-corrected chi connectivity index (χ3v) is 3.34. The number of nitrogens with zero attached hydrogens (tertiary/aromatic N) is 1. The van der Waals surface area contributed by atoms with Crippen LogP contribution in [0.3, 0.4) is 0 Å². The Labute approximate surface area is 134 Å². The maximum Gasteiger partial charge on any atom is 0.413 e. The van der Waals surface area contributed by atoms with Crippen molar-refractivity contribution in [1.29, 1.82) is 0 Å². The first-order valence-electron chi connectivity index (χ1n) is 7.33. The minimum Gasteiger partial charge on any atom is -0.468 e. The number of nitrogens with one attached hydrogen (secondary N) is 1. The van der Waals surface area contributed by atoms with E-state index in [-0.39, 0.29) is 5.78 Å². The molecular weight excluding hydrogens is 300 g/mol. The van der Waals surface area contributed by atoms with Gasteiger partial charge in [0.25, 0.3) is 0 Å². The van der Waals surface area contributed by atoms with Crippen LogP contribution in [-0.4, -0.2) is 35.5 Å². The maximum absolute atomic E-state index is 12.3.